The van der Waals surface area contributed by atoms with Crippen LogP contribution in [0.4, 0.5) is 0 Å². The van der Waals surface area contributed by atoms with Gasteiger partial charge in [0.15, 0.2) is 0 Å². The summed E-state index contributed by atoms with van der Waals surface area (Å²) in [6, 6.07) is 0. The number of nitrogens with zero attached hydrogens (tertiary/aromatic N) is 3. The molecule has 1 unspecified atom stereocenters. The topological polar surface area (TPSA) is 72.4 Å². The van der Waals surface area contributed by atoms with Crippen LogP contribution in [0.3, 0.4) is 0 Å². The lowest BCUT2D eigenvalue weighted by molar-refractivity contribution is -0.00543. The van der Waals surface area contributed by atoms with Crippen LogP contribution in [0.25, 0.3) is 0 Å². The molecule has 1 aromatic rings. The molecule has 1 aromatic heterocycles. The van der Waals surface area contributed by atoms with Crippen LogP contribution in [0, 0.1) is 6.92 Å². The van der Waals surface area contributed by atoms with Crippen LogP contribution < -0.4 is 0 Å². The zero-order valence-electron chi connectivity index (χ0n) is 12.2. The van der Waals surface area contributed by atoms with Gasteiger partial charge in [-0.1, -0.05) is 12.8 Å². The van der Waals surface area contributed by atoms with Crippen molar-refractivity contribution in [3.8, 4) is 0 Å². The van der Waals surface area contributed by atoms with E-state index in [0.717, 1.165) is 31.4 Å². The highest BCUT2D eigenvalue weighted by Crippen LogP contribution is 2.30. The van der Waals surface area contributed by atoms with Gasteiger partial charge in [-0.3, -0.25) is 9.97 Å². The first kappa shape index (κ1) is 14.9. The van der Waals surface area contributed by atoms with Crippen LogP contribution >= 0.6 is 0 Å². The molecule has 1 saturated carbocycles. The molecule has 1 aliphatic carbocycles. The molecule has 1 atom stereocenters. The number of ether oxygens (including phenoxy) is 1. The second kappa shape index (κ2) is 5.98. The minimum absolute atomic E-state index is 0.208. The van der Waals surface area contributed by atoms with Crippen molar-refractivity contribution < 1.29 is 13.2 Å². The summed E-state index contributed by atoms with van der Waals surface area (Å²) in [6.45, 7) is 3.06. The third kappa shape index (κ3) is 3.09. The van der Waals surface area contributed by atoms with Crippen LogP contribution in [-0.2, 0) is 14.8 Å². The number of hydrogen-bond donors (Lipinski definition) is 0. The molecule has 3 rings (SSSR count). The molecule has 1 aliphatic heterocycles. The van der Waals surface area contributed by atoms with Crippen LogP contribution in [0.5, 0.6) is 0 Å². The molecule has 116 valence electrons. The number of aryl methyl sites for hydroxylation is 1. The third-order valence-corrected chi connectivity index (χ3v) is 6.61. The molecule has 0 N–H and O–H groups in total. The summed E-state index contributed by atoms with van der Waals surface area (Å²) in [7, 11) is -3.21. The Kier molecular flexibility index (Phi) is 4.24. The predicted molar refractivity (Wildman–Crippen MR) is 78.2 cm³/mol. The first-order valence-electron chi connectivity index (χ1n) is 7.46. The van der Waals surface area contributed by atoms with Gasteiger partial charge in [-0.25, -0.2) is 8.42 Å². The summed E-state index contributed by atoms with van der Waals surface area (Å²) in [5.74, 6) is 0. The lowest BCUT2D eigenvalue weighted by Gasteiger charge is -2.33. The van der Waals surface area contributed by atoms with Crippen molar-refractivity contribution in [3.05, 3.63) is 23.8 Å². The lowest BCUT2D eigenvalue weighted by atomic mass is 10.2. The molecular weight excluding hydrogens is 290 g/mol. The summed E-state index contributed by atoms with van der Waals surface area (Å²) in [6.07, 6.45) is 6.64. The van der Waals surface area contributed by atoms with Gasteiger partial charge in [0.1, 0.15) is 6.10 Å². The SMILES string of the molecule is Cc1cnc(C2CN(S(=O)(=O)C3CCCC3)CCO2)cn1. The van der Waals surface area contributed by atoms with Gasteiger partial charge in [0.05, 0.1) is 29.4 Å². The number of aromatic nitrogens is 2. The Morgan fingerprint density at radius 2 is 2.00 bits per heavy atom. The van der Waals surface area contributed by atoms with E-state index >= 15 is 0 Å². The fourth-order valence-electron chi connectivity index (χ4n) is 3.00. The van der Waals surface area contributed by atoms with Crippen molar-refractivity contribution in [2.24, 2.45) is 0 Å². The minimum atomic E-state index is -3.21. The van der Waals surface area contributed by atoms with Crippen LogP contribution in [0.1, 0.15) is 43.2 Å². The van der Waals surface area contributed by atoms with Crippen LogP contribution in [0.2, 0.25) is 0 Å². The smallest absolute Gasteiger partial charge is 0.217 e. The average Bonchev–Trinajstić information content (AvgIpc) is 3.03. The highest BCUT2D eigenvalue weighted by Gasteiger charge is 2.37. The molecular formula is C14H21N3O3S. The molecule has 6 nitrogen and oxygen atoms in total. The van der Waals surface area contributed by atoms with Gasteiger partial charge in [0.2, 0.25) is 10.0 Å². The Balaban J connectivity index is 1.75. The second-order valence-electron chi connectivity index (χ2n) is 5.75. The molecule has 2 fully saturated rings. The van der Waals surface area contributed by atoms with Gasteiger partial charge in [-0.2, -0.15) is 4.31 Å². The molecule has 0 radical (unpaired) electrons. The lowest BCUT2D eigenvalue weighted by Crippen LogP contribution is -2.45. The minimum Gasteiger partial charge on any atom is -0.369 e. The normalized spacial score (nSPS) is 25.3. The number of morpholine rings is 1. The first-order chi connectivity index (χ1) is 10.1. The number of hydrogen-bond acceptors (Lipinski definition) is 5. The Hall–Kier alpha value is -1.05. The zero-order valence-corrected chi connectivity index (χ0v) is 13.1. The Morgan fingerprint density at radius 3 is 2.67 bits per heavy atom. The third-order valence-electron chi connectivity index (χ3n) is 4.24. The van der Waals surface area contributed by atoms with Gasteiger partial charge in [-0.15, -0.1) is 0 Å². The van der Waals surface area contributed by atoms with Crippen molar-refractivity contribution in [2.75, 3.05) is 19.7 Å². The standard InChI is InChI=1S/C14H21N3O3S/c1-11-8-16-13(9-15-11)14-10-17(6-7-20-14)21(18,19)12-4-2-3-5-12/h8-9,12,14H,2-7,10H2,1H3. The summed E-state index contributed by atoms with van der Waals surface area (Å²) < 4.78 is 32.6. The summed E-state index contributed by atoms with van der Waals surface area (Å²) in [4.78, 5) is 8.52. The van der Waals surface area contributed by atoms with Crippen molar-refractivity contribution in [2.45, 2.75) is 44.0 Å². The molecule has 2 aliphatic rings. The highest BCUT2D eigenvalue weighted by molar-refractivity contribution is 7.89. The fraction of sp³-hybridized carbons (Fsp3) is 0.714. The van der Waals surface area contributed by atoms with Crippen molar-refractivity contribution >= 4 is 10.0 Å². The van der Waals surface area contributed by atoms with Gasteiger partial charge < -0.3 is 4.74 Å². The van der Waals surface area contributed by atoms with E-state index in [9.17, 15) is 8.42 Å². The van der Waals surface area contributed by atoms with Crippen LogP contribution in [-0.4, -0.2) is 47.6 Å². The van der Waals surface area contributed by atoms with Gasteiger partial charge in [-0.05, 0) is 19.8 Å². The fourth-order valence-corrected chi connectivity index (χ4v) is 5.02. The van der Waals surface area contributed by atoms with Gasteiger partial charge in [0.25, 0.3) is 0 Å². The number of rotatable bonds is 3. The predicted octanol–water partition coefficient (Wildman–Crippen LogP) is 1.43. The Morgan fingerprint density at radius 1 is 1.24 bits per heavy atom. The summed E-state index contributed by atoms with van der Waals surface area (Å²) >= 11 is 0. The number of sulfonamides is 1. The van der Waals surface area contributed by atoms with E-state index in [1.54, 1.807) is 16.7 Å². The maximum atomic E-state index is 12.7. The molecule has 0 amide bonds. The zero-order chi connectivity index (χ0) is 14.9. The van der Waals surface area contributed by atoms with E-state index in [4.69, 9.17) is 4.74 Å². The first-order valence-corrected chi connectivity index (χ1v) is 8.97. The molecule has 21 heavy (non-hydrogen) atoms. The Labute approximate surface area is 125 Å². The van der Waals surface area contributed by atoms with Crippen molar-refractivity contribution in [1.82, 2.24) is 14.3 Å². The maximum absolute atomic E-state index is 12.7. The summed E-state index contributed by atoms with van der Waals surface area (Å²) in [5.41, 5.74) is 1.54. The van der Waals surface area contributed by atoms with Crippen LogP contribution in [0.15, 0.2) is 12.4 Å². The molecule has 0 aromatic carbocycles. The monoisotopic (exact) mass is 311 g/mol. The second-order valence-corrected chi connectivity index (χ2v) is 7.96. The molecule has 7 heteroatoms. The largest absolute Gasteiger partial charge is 0.369 e. The van der Waals surface area contributed by atoms with E-state index in [1.165, 1.54) is 0 Å². The molecule has 0 bridgehead atoms. The molecule has 1 saturated heterocycles. The van der Waals surface area contributed by atoms with E-state index in [2.05, 4.69) is 9.97 Å². The quantitative estimate of drug-likeness (QED) is 0.844. The van der Waals surface area contributed by atoms with E-state index in [-0.39, 0.29) is 11.4 Å². The molecule has 0 spiro atoms. The van der Waals surface area contributed by atoms with Crippen molar-refractivity contribution in [1.29, 1.82) is 0 Å². The van der Waals surface area contributed by atoms with E-state index in [1.807, 2.05) is 6.92 Å². The summed E-state index contributed by atoms with van der Waals surface area (Å²) in [5, 5.41) is -0.208. The van der Waals surface area contributed by atoms with Gasteiger partial charge in [0, 0.05) is 19.3 Å². The molecule has 2 heterocycles. The van der Waals surface area contributed by atoms with Crippen molar-refractivity contribution in [3.63, 3.8) is 0 Å². The van der Waals surface area contributed by atoms with E-state index < -0.39 is 10.0 Å². The highest BCUT2D eigenvalue weighted by atomic mass is 32.2. The average molecular weight is 311 g/mol. The Bertz CT molecular complexity index is 582. The van der Waals surface area contributed by atoms with E-state index in [0.29, 0.717) is 25.4 Å². The maximum Gasteiger partial charge on any atom is 0.217 e. The van der Waals surface area contributed by atoms with Gasteiger partial charge >= 0.3 is 0 Å².